The first-order chi connectivity index (χ1) is 15.5. The van der Waals surface area contributed by atoms with Crippen molar-refractivity contribution in [1.82, 2.24) is 4.90 Å². The zero-order valence-corrected chi connectivity index (χ0v) is 18.9. The van der Waals surface area contributed by atoms with Crippen LogP contribution in [0.4, 0.5) is 0 Å². The fourth-order valence-electron chi connectivity index (χ4n) is 4.00. The van der Waals surface area contributed by atoms with Crippen LogP contribution in [0.3, 0.4) is 0 Å². The second kappa shape index (κ2) is 10.2. The highest BCUT2D eigenvalue weighted by atomic mass is 16.5. The van der Waals surface area contributed by atoms with Gasteiger partial charge in [0, 0.05) is 12.1 Å². The van der Waals surface area contributed by atoms with Crippen LogP contribution in [0, 0.1) is 0 Å². The Balaban J connectivity index is 2.23. The van der Waals surface area contributed by atoms with Crippen molar-refractivity contribution in [1.29, 1.82) is 0 Å². The quantitative estimate of drug-likeness (QED) is 0.271. The molecule has 1 N–H and O–H groups in total. The van der Waals surface area contributed by atoms with Gasteiger partial charge in [0.15, 0.2) is 0 Å². The van der Waals surface area contributed by atoms with Crippen LogP contribution in [-0.2, 0) is 9.59 Å². The molecule has 7 heteroatoms. The summed E-state index contributed by atoms with van der Waals surface area (Å²) in [5.74, 6) is -0.311. The Labute approximate surface area is 188 Å². The molecule has 170 valence electrons. The highest BCUT2D eigenvalue weighted by molar-refractivity contribution is 6.46. The van der Waals surface area contributed by atoms with Gasteiger partial charge in [0.05, 0.1) is 38.5 Å². The lowest BCUT2D eigenvalue weighted by molar-refractivity contribution is -0.139. The number of methoxy groups -OCH3 is 3. The number of likely N-dealkylation sites (tertiary alicyclic amines) is 1. The van der Waals surface area contributed by atoms with Crippen LogP contribution in [0.2, 0.25) is 0 Å². The van der Waals surface area contributed by atoms with Crippen molar-refractivity contribution < 1.29 is 28.9 Å². The fraction of sp³-hybridized carbons (Fsp3) is 0.360. The first-order valence-electron chi connectivity index (χ1n) is 10.6. The second-order valence-electron chi connectivity index (χ2n) is 7.51. The molecule has 0 radical (unpaired) electrons. The third-order valence-electron chi connectivity index (χ3n) is 5.64. The lowest BCUT2D eigenvalue weighted by atomic mass is 9.94. The molecule has 1 saturated heterocycles. The van der Waals surface area contributed by atoms with Gasteiger partial charge in [0.1, 0.15) is 23.0 Å². The van der Waals surface area contributed by atoms with Gasteiger partial charge in [-0.3, -0.25) is 9.59 Å². The number of carbonyl (C=O) groups is 2. The predicted molar refractivity (Wildman–Crippen MR) is 121 cm³/mol. The number of amides is 1. The number of rotatable bonds is 9. The molecule has 2 aromatic carbocycles. The summed E-state index contributed by atoms with van der Waals surface area (Å²) in [6.45, 7) is 2.47. The molecule has 0 aromatic heterocycles. The van der Waals surface area contributed by atoms with Crippen LogP contribution in [0.25, 0.3) is 5.76 Å². The second-order valence-corrected chi connectivity index (χ2v) is 7.51. The molecule has 0 aliphatic carbocycles. The summed E-state index contributed by atoms with van der Waals surface area (Å²) >= 11 is 0. The van der Waals surface area contributed by atoms with Gasteiger partial charge < -0.3 is 24.2 Å². The molecule has 3 rings (SSSR count). The van der Waals surface area contributed by atoms with Crippen molar-refractivity contribution in [2.24, 2.45) is 0 Å². The smallest absolute Gasteiger partial charge is 0.295 e. The van der Waals surface area contributed by atoms with Crippen LogP contribution in [0.5, 0.6) is 17.2 Å². The van der Waals surface area contributed by atoms with Gasteiger partial charge >= 0.3 is 0 Å². The molecule has 7 nitrogen and oxygen atoms in total. The lowest BCUT2D eigenvalue weighted by Crippen LogP contribution is -2.30. The molecule has 1 fully saturated rings. The van der Waals surface area contributed by atoms with Crippen LogP contribution in [0.15, 0.2) is 48.0 Å². The Morgan fingerprint density at radius 1 is 0.969 bits per heavy atom. The van der Waals surface area contributed by atoms with E-state index in [1.165, 1.54) is 26.2 Å². The molecule has 1 unspecified atom stereocenters. The van der Waals surface area contributed by atoms with Gasteiger partial charge in [0.2, 0.25) is 0 Å². The van der Waals surface area contributed by atoms with Crippen molar-refractivity contribution >= 4 is 17.4 Å². The number of ketones is 1. The average Bonchev–Trinajstić information content (AvgIpc) is 3.08. The molecular formula is C25H29NO6. The van der Waals surface area contributed by atoms with Crippen LogP contribution >= 0.6 is 0 Å². The van der Waals surface area contributed by atoms with Gasteiger partial charge in [-0.1, -0.05) is 38.0 Å². The number of unbranched alkanes of at least 4 members (excludes halogenated alkanes) is 2. The number of para-hydroxylation sites is 1. The standard InChI is InChI=1S/C25H29NO6/c1-5-6-9-14-26-22(17-10-7-8-11-19(17)31-3)21(24(28)25(26)29)23(27)18-15-16(30-2)12-13-20(18)32-4/h7-8,10-13,15,22,27H,5-6,9,14H2,1-4H3/b23-21+. The molecule has 32 heavy (non-hydrogen) atoms. The van der Waals surface area contributed by atoms with E-state index in [1.54, 1.807) is 30.3 Å². The normalized spacial score (nSPS) is 17.5. The van der Waals surface area contributed by atoms with Gasteiger partial charge in [-0.15, -0.1) is 0 Å². The van der Waals surface area contributed by atoms with E-state index in [0.29, 0.717) is 29.4 Å². The molecule has 0 bridgehead atoms. The Hall–Kier alpha value is -3.48. The van der Waals surface area contributed by atoms with Crippen molar-refractivity contribution in [2.75, 3.05) is 27.9 Å². The Kier molecular flexibility index (Phi) is 7.41. The summed E-state index contributed by atoms with van der Waals surface area (Å²) in [6.07, 6.45) is 2.65. The number of aliphatic hydroxyl groups excluding tert-OH is 1. The summed E-state index contributed by atoms with van der Waals surface area (Å²) < 4.78 is 16.2. The van der Waals surface area contributed by atoms with Gasteiger partial charge in [-0.2, -0.15) is 0 Å². The van der Waals surface area contributed by atoms with Crippen LogP contribution in [-0.4, -0.2) is 49.6 Å². The molecule has 1 heterocycles. The predicted octanol–water partition coefficient (Wildman–Crippen LogP) is 4.32. The topological polar surface area (TPSA) is 85.3 Å². The minimum Gasteiger partial charge on any atom is -0.507 e. The molecule has 1 aliphatic rings. The largest absolute Gasteiger partial charge is 0.507 e. The van der Waals surface area contributed by atoms with E-state index in [1.807, 2.05) is 12.1 Å². The lowest BCUT2D eigenvalue weighted by Gasteiger charge is -2.26. The van der Waals surface area contributed by atoms with Crippen molar-refractivity contribution in [3.05, 3.63) is 59.2 Å². The number of benzene rings is 2. The number of aliphatic hydroxyl groups is 1. The Morgan fingerprint density at radius 2 is 1.69 bits per heavy atom. The third kappa shape index (κ3) is 4.28. The summed E-state index contributed by atoms with van der Waals surface area (Å²) in [6, 6.07) is 11.3. The Bertz CT molecular complexity index is 1030. The number of hydrogen-bond donors (Lipinski definition) is 1. The van der Waals surface area contributed by atoms with E-state index in [4.69, 9.17) is 14.2 Å². The maximum atomic E-state index is 13.2. The fourth-order valence-corrected chi connectivity index (χ4v) is 4.00. The zero-order chi connectivity index (χ0) is 23.3. The van der Waals surface area contributed by atoms with Crippen LogP contribution in [0.1, 0.15) is 43.4 Å². The molecular weight excluding hydrogens is 410 g/mol. The van der Waals surface area contributed by atoms with Crippen molar-refractivity contribution in [2.45, 2.75) is 32.2 Å². The van der Waals surface area contributed by atoms with E-state index < -0.39 is 17.7 Å². The van der Waals surface area contributed by atoms with E-state index in [-0.39, 0.29) is 16.9 Å². The van der Waals surface area contributed by atoms with Gasteiger partial charge in [0.25, 0.3) is 11.7 Å². The zero-order valence-electron chi connectivity index (χ0n) is 18.9. The van der Waals surface area contributed by atoms with E-state index in [2.05, 4.69) is 6.92 Å². The number of Topliss-reactive ketones (excluding diaryl/α,β-unsaturated/α-hetero) is 1. The minimum absolute atomic E-state index is 0.00236. The summed E-state index contributed by atoms with van der Waals surface area (Å²) in [5, 5.41) is 11.3. The van der Waals surface area contributed by atoms with E-state index >= 15 is 0 Å². The van der Waals surface area contributed by atoms with Crippen LogP contribution < -0.4 is 14.2 Å². The number of ether oxygens (including phenoxy) is 3. The third-order valence-corrected chi connectivity index (χ3v) is 5.64. The molecule has 0 spiro atoms. The summed E-state index contributed by atoms with van der Waals surface area (Å²) in [5.41, 5.74) is 0.912. The number of nitrogens with zero attached hydrogens (tertiary/aromatic N) is 1. The van der Waals surface area contributed by atoms with Crippen molar-refractivity contribution in [3.63, 3.8) is 0 Å². The highest BCUT2D eigenvalue weighted by Gasteiger charge is 2.47. The molecule has 1 amide bonds. The van der Waals surface area contributed by atoms with Crippen molar-refractivity contribution in [3.8, 4) is 17.2 Å². The first-order valence-corrected chi connectivity index (χ1v) is 10.6. The Morgan fingerprint density at radius 3 is 2.34 bits per heavy atom. The summed E-state index contributed by atoms with van der Waals surface area (Å²) in [7, 11) is 4.51. The van der Waals surface area contributed by atoms with E-state index in [0.717, 1.165) is 19.3 Å². The molecule has 2 aromatic rings. The first kappa shape index (κ1) is 23.2. The monoisotopic (exact) mass is 439 g/mol. The maximum Gasteiger partial charge on any atom is 0.295 e. The summed E-state index contributed by atoms with van der Waals surface area (Å²) in [4.78, 5) is 27.7. The number of hydrogen-bond acceptors (Lipinski definition) is 6. The maximum absolute atomic E-state index is 13.2. The molecule has 1 aliphatic heterocycles. The number of carbonyl (C=O) groups excluding carboxylic acids is 2. The SMILES string of the molecule is CCCCCN1C(=O)C(=O)/C(=C(/O)c2cc(OC)ccc2OC)C1c1ccccc1OC. The molecule has 0 saturated carbocycles. The highest BCUT2D eigenvalue weighted by Crippen LogP contribution is 2.44. The van der Waals surface area contributed by atoms with Gasteiger partial charge in [-0.25, -0.2) is 0 Å². The van der Waals surface area contributed by atoms with Gasteiger partial charge in [-0.05, 0) is 30.7 Å². The minimum atomic E-state index is -0.779. The average molecular weight is 440 g/mol. The molecule has 1 atom stereocenters. The van der Waals surface area contributed by atoms with E-state index in [9.17, 15) is 14.7 Å².